The monoisotopic (exact) mass is 265 g/mol. The molecule has 0 aliphatic rings. The van der Waals surface area contributed by atoms with Gasteiger partial charge in [0.1, 0.15) is 5.15 Å². The Morgan fingerprint density at radius 2 is 2.24 bits per heavy atom. The number of hydrogen-bond acceptors (Lipinski definition) is 3. The molecule has 0 bridgehead atoms. The molecule has 2 rings (SSSR count). The van der Waals surface area contributed by atoms with Crippen LogP contribution in [0.1, 0.15) is 11.1 Å². The highest BCUT2D eigenvalue weighted by atomic mass is 35.5. The summed E-state index contributed by atoms with van der Waals surface area (Å²) in [5.41, 5.74) is 8.27. The first-order valence-corrected chi connectivity index (χ1v) is 6.45. The molecule has 0 saturated carbocycles. The number of pyridine rings is 1. The Bertz CT molecular complexity index is 583. The molecule has 0 aliphatic heterocycles. The first kappa shape index (κ1) is 12.2. The summed E-state index contributed by atoms with van der Waals surface area (Å²) < 4.78 is 0. The molecule has 3 N–H and O–H groups in total. The number of nitrogens with zero attached hydrogens (tertiary/aromatic N) is 1. The molecule has 0 atom stereocenters. The van der Waals surface area contributed by atoms with Crippen LogP contribution in [0.15, 0.2) is 24.3 Å². The molecule has 88 valence electrons. The van der Waals surface area contributed by atoms with Crippen molar-refractivity contribution in [3.05, 3.63) is 40.5 Å². The van der Waals surface area contributed by atoms with Crippen LogP contribution >= 0.6 is 23.4 Å². The zero-order valence-corrected chi connectivity index (χ0v) is 10.9. The minimum Gasteiger partial charge on any atom is -0.379 e. The van der Waals surface area contributed by atoms with Crippen LogP contribution in [0.5, 0.6) is 0 Å². The van der Waals surface area contributed by atoms with E-state index in [-0.39, 0.29) is 5.17 Å². The Hall–Kier alpha value is -1.26. The number of amidine groups is 1. The van der Waals surface area contributed by atoms with E-state index in [9.17, 15) is 0 Å². The van der Waals surface area contributed by atoms with Gasteiger partial charge in [0, 0.05) is 16.7 Å². The van der Waals surface area contributed by atoms with Crippen molar-refractivity contribution in [2.24, 2.45) is 5.73 Å². The highest BCUT2D eigenvalue weighted by Gasteiger charge is 2.06. The molecular formula is C12H12ClN3S. The molecule has 5 heteroatoms. The molecule has 3 nitrogen and oxygen atoms in total. The van der Waals surface area contributed by atoms with Gasteiger partial charge >= 0.3 is 0 Å². The molecule has 1 heterocycles. The van der Waals surface area contributed by atoms with E-state index in [2.05, 4.69) is 4.98 Å². The minimum atomic E-state index is 0.0880. The normalized spacial score (nSPS) is 10.7. The van der Waals surface area contributed by atoms with Gasteiger partial charge < -0.3 is 5.73 Å². The lowest BCUT2D eigenvalue weighted by molar-refractivity contribution is 1.30. The molecule has 1 aromatic heterocycles. The summed E-state index contributed by atoms with van der Waals surface area (Å²) in [6.07, 6.45) is 0. The third-order valence-corrected chi connectivity index (χ3v) is 3.48. The number of benzene rings is 1. The summed E-state index contributed by atoms with van der Waals surface area (Å²) >= 11 is 7.35. The molecular weight excluding hydrogens is 254 g/mol. The van der Waals surface area contributed by atoms with Gasteiger partial charge in [0.15, 0.2) is 5.17 Å². The van der Waals surface area contributed by atoms with Crippen LogP contribution in [-0.2, 0) is 5.75 Å². The first-order valence-electron chi connectivity index (χ1n) is 5.09. The van der Waals surface area contributed by atoms with E-state index in [1.807, 2.05) is 31.2 Å². The van der Waals surface area contributed by atoms with Crippen molar-refractivity contribution in [3.63, 3.8) is 0 Å². The zero-order chi connectivity index (χ0) is 12.4. The van der Waals surface area contributed by atoms with Gasteiger partial charge in [-0.1, -0.05) is 35.5 Å². The Balaban J connectivity index is 2.41. The van der Waals surface area contributed by atoms with E-state index in [0.29, 0.717) is 10.9 Å². The smallest absolute Gasteiger partial charge is 0.151 e. The number of nitrogens with two attached hydrogens (primary N) is 1. The standard InChI is InChI=1S/C12H12ClN3S/c1-7-2-3-8-5-9(6-17-12(14)15)11(13)16-10(8)4-7/h2-5H,6H2,1H3,(H3,14,15). The molecule has 0 fully saturated rings. The van der Waals surface area contributed by atoms with Gasteiger partial charge in [0.25, 0.3) is 0 Å². The fraction of sp³-hybridized carbons (Fsp3) is 0.167. The van der Waals surface area contributed by atoms with E-state index < -0.39 is 0 Å². The van der Waals surface area contributed by atoms with Gasteiger partial charge in [0.2, 0.25) is 0 Å². The maximum absolute atomic E-state index is 7.18. The fourth-order valence-corrected chi connectivity index (χ4v) is 2.38. The summed E-state index contributed by atoms with van der Waals surface area (Å²) in [6.45, 7) is 2.02. The summed E-state index contributed by atoms with van der Waals surface area (Å²) in [6, 6.07) is 8.07. The second-order valence-corrected chi connectivity index (χ2v) is 5.16. The number of fused-ring (bicyclic) bond motifs is 1. The predicted molar refractivity (Wildman–Crippen MR) is 74.7 cm³/mol. The van der Waals surface area contributed by atoms with Crippen molar-refractivity contribution >= 4 is 39.4 Å². The maximum atomic E-state index is 7.18. The van der Waals surface area contributed by atoms with Crippen molar-refractivity contribution in [3.8, 4) is 0 Å². The van der Waals surface area contributed by atoms with Gasteiger partial charge in [-0.05, 0) is 24.6 Å². The van der Waals surface area contributed by atoms with Crippen LogP contribution in [0, 0.1) is 12.3 Å². The maximum Gasteiger partial charge on any atom is 0.151 e. The van der Waals surface area contributed by atoms with Gasteiger partial charge in [0.05, 0.1) is 5.52 Å². The van der Waals surface area contributed by atoms with Gasteiger partial charge in [-0.25, -0.2) is 4.98 Å². The Kier molecular flexibility index (Phi) is 3.54. The van der Waals surface area contributed by atoms with Gasteiger partial charge in [-0.15, -0.1) is 0 Å². The third kappa shape index (κ3) is 2.90. The van der Waals surface area contributed by atoms with Crippen LogP contribution in [-0.4, -0.2) is 10.2 Å². The highest BCUT2D eigenvalue weighted by Crippen LogP contribution is 2.24. The van der Waals surface area contributed by atoms with Crippen LogP contribution < -0.4 is 5.73 Å². The molecule has 0 aliphatic carbocycles. The third-order valence-electron chi connectivity index (χ3n) is 2.38. The zero-order valence-electron chi connectivity index (χ0n) is 9.33. The number of aromatic nitrogens is 1. The minimum absolute atomic E-state index is 0.0880. The number of hydrogen-bond donors (Lipinski definition) is 2. The van der Waals surface area contributed by atoms with E-state index in [1.165, 1.54) is 11.8 Å². The molecule has 17 heavy (non-hydrogen) atoms. The topological polar surface area (TPSA) is 62.8 Å². The van der Waals surface area contributed by atoms with Crippen LogP contribution in [0.2, 0.25) is 5.15 Å². The van der Waals surface area contributed by atoms with Crippen molar-refractivity contribution in [2.45, 2.75) is 12.7 Å². The largest absolute Gasteiger partial charge is 0.379 e. The molecule has 2 aromatic rings. The van der Waals surface area contributed by atoms with Crippen molar-refractivity contribution in [2.75, 3.05) is 0 Å². The summed E-state index contributed by atoms with van der Waals surface area (Å²) in [4.78, 5) is 4.36. The Morgan fingerprint density at radius 3 is 2.94 bits per heavy atom. The second kappa shape index (κ2) is 4.94. The van der Waals surface area contributed by atoms with Crippen molar-refractivity contribution in [1.82, 2.24) is 4.98 Å². The predicted octanol–water partition coefficient (Wildman–Crippen LogP) is 3.32. The average molecular weight is 266 g/mol. The van der Waals surface area contributed by atoms with E-state index >= 15 is 0 Å². The number of rotatable bonds is 2. The number of halogens is 1. The molecule has 0 amide bonds. The highest BCUT2D eigenvalue weighted by molar-refractivity contribution is 8.13. The molecule has 0 radical (unpaired) electrons. The molecule has 0 saturated heterocycles. The first-order chi connectivity index (χ1) is 8.06. The van der Waals surface area contributed by atoms with Crippen LogP contribution in [0.25, 0.3) is 10.9 Å². The van der Waals surface area contributed by atoms with Gasteiger partial charge in [-0.3, -0.25) is 5.41 Å². The number of aryl methyl sites for hydroxylation is 1. The lowest BCUT2D eigenvalue weighted by Crippen LogP contribution is -2.04. The van der Waals surface area contributed by atoms with E-state index in [1.54, 1.807) is 0 Å². The molecule has 1 aromatic carbocycles. The number of nitrogens with one attached hydrogen (secondary N) is 1. The Labute approximate surface area is 109 Å². The van der Waals surface area contributed by atoms with E-state index in [4.69, 9.17) is 22.7 Å². The quantitative estimate of drug-likeness (QED) is 0.497. The Morgan fingerprint density at radius 1 is 1.47 bits per heavy atom. The van der Waals surface area contributed by atoms with Crippen molar-refractivity contribution in [1.29, 1.82) is 5.41 Å². The molecule has 0 spiro atoms. The second-order valence-electron chi connectivity index (χ2n) is 3.79. The van der Waals surface area contributed by atoms with E-state index in [0.717, 1.165) is 22.0 Å². The lowest BCUT2D eigenvalue weighted by Gasteiger charge is -2.06. The summed E-state index contributed by atoms with van der Waals surface area (Å²) in [5.74, 6) is 0.574. The summed E-state index contributed by atoms with van der Waals surface area (Å²) in [7, 11) is 0. The summed E-state index contributed by atoms with van der Waals surface area (Å²) in [5, 5.41) is 8.81. The number of thioether (sulfide) groups is 1. The lowest BCUT2D eigenvalue weighted by atomic mass is 10.1. The fourth-order valence-electron chi connectivity index (χ4n) is 1.55. The van der Waals surface area contributed by atoms with Crippen LogP contribution in [0.3, 0.4) is 0 Å². The van der Waals surface area contributed by atoms with Crippen molar-refractivity contribution < 1.29 is 0 Å². The average Bonchev–Trinajstić information content (AvgIpc) is 2.26. The SMILES string of the molecule is Cc1ccc2cc(CSC(=N)N)c(Cl)nc2c1. The van der Waals surface area contributed by atoms with Crippen LogP contribution in [0.4, 0.5) is 0 Å². The molecule has 0 unspecified atom stereocenters. The van der Waals surface area contributed by atoms with Gasteiger partial charge in [-0.2, -0.15) is 0 Å².